The van der Waals surface area contributed by atoms with Gasteiger partial charge in [0.05, 0.1) is 5.69 Å². The van der Waals surface area contributed by atoms with Gasteiger partial charge >= 0.3 is 0 Å². The topological polar surface area (TPSA) is 15.3 Å². The third-order valence-corrected chi connectivity index (χ3v) is 5.26. The third-order valence-electron chi connectivity index (χ3n) is 5.26. The highest BCUT2D eigenvalue weighted by molar-refractivity contribution is 5.49. The zero-order chi connectivity index (χ0) is 15.4. The smallest absolute Gasteiger partial charge is 0.146 e. The molecule has 3 rings (SSSR count). The molecule has 2 nitrogen and oxygen atoms in total. The van der Waals surface area contributed by atoms with Crippen molar-refractivity contribution in [2.45, 2.75) is 70.4 Å². The summed E-state index contributed by atoms with van der Waals surface area (Å²) in [6.07, 6.45) is 10.1. The fourth-order valence-corrected chi connectivity index (χ4v) is 3.90. The fraction of sp³-hybridized carbons (Fsp3) is 0.684. The lowest BCUT2D eigenvalue weighted by atomic mass is 10.1. The molecule has 0 aromatic heterocycles. The molecule has 1 heterocycles. The SMILES string of the molecule is C[C@@H](NC1CCCC1)c1ccc(N2CCCCCC2)c(F)c1. The van der Waals surface area contributed by atoms with Crippen LogP contribution in [-0.4, -0.2) is 19.1 Å². The van der Waals surface area contributed by atoms with Gasteiger partial charge in [-0.05, 0) is 50.3 Å². The van der Waals surface area contributed by atoms with Crippen LogP contribution in [0.25, 0.3) is 0 Å². The summed E-state index contributed by atoms with van der Waals surface area (Å²) >= 11 is 0. The molecule has 2 fully saturated rings. The largest absolute Gasteiger partial charge is 0.369 e. The number of rotatable bonds is 4. The molecule has 1 aromatic carbocycles. The zero-order valence-electron chi connectivity index (χ0n) is 13.8. The lowest BCUT2D eigenvalue weighted by Crippen LogP contribution is -2.29. The van der Waals surface area contributed by atoms with Crippen LogP contribution < -0.4 is 10.2 Å². The van der Waals surface area contributed by atoms with E-state index in [0.29, 0.717) is 6.04 Å². The second-order valence-electron chi connectivity index (χ2n) is 6.98. The standard InChI is InChI=1S/C19H29FN2/c1-15(21-17-8-4-5-9-17)16-10-11-19(18(20)14-16)22-12-6-2-3-7-13-22/h10-11,14-15,17,21H,2-9,12-13H2,1H3/t15-/m1/s1. The molecule has 1 saturated carbocycles. The zero-order valence-corrected chi connectivity index (χ0v) is 13.8. The highest BCUT2D eigenvalue weighted by atomic mass is 19.1. The Bertz CT molecular complexity index is 474. The monoisotopic (exact) mass is 304 g/mol. The molecule has 1 aromatic rings. The predicted octanol–water partition coefficient (Wildman–Crippen LogP) is 4.80. The molecule has 0 amide bonds. The van der Waals surface area contributed by atoms with Crippen LogP contribution >= 0.6 is 0 Å². The molecule has 1 N–H and O–H groups in total. The normalized spacial score (nSPS) is 21.8. The van der Waals surface area contributed by atoms with Gasteiger partial charge in [0.25, 0.3) is 0 Å². The number of halogens is 1. The Balaban J connectivity index is 1.67. The molecule has 0 spiro atoms. The summed E-state index contributed by atoms with van der Waals surface area (Å²) < 4.78 is 14.6. The molecule has 1 saturated heterocycles. The van der Waals surface area contributed by atoms with Crippen LogP contribution in [0.2, 0.25) is 0 Å². The Labute approximate surface area is 134 Å². The van der Waals surface area contributed by atoms with Gasteiger partial charge in [0.2, 0.25) is 0 Å². The Morgan fingerprint density at radius 2 is 1.73 bits per heavy atom. The highest BCUT2D eigenvalue weighted by Crippen LogP contribution is 2.27. The maximum atomic E-state index is 14.6. The van der Waals surface area contributed by atoms with Crippen LogP contribution in [-0.2, 0) is 0 Å². The Hall–Kier alpha value is -1.09. The van der Waals surface area contributed by atoms with Gasteiger partial charge in [-0.3, -0.25) is 0 Å². The Morgan fingerprint density at radius 1 is 1.05 bits per heavy atom. The molecule has 1 aliphatic carbocycles. The Kier molecular flexibility index (Phi) is 5.35. The van der Waals surface area contributed by atoms with E-state index in [0.717, 1.165) is 24.3 Å². The first kappa shape index (κ1) is 15.8. The van der Waals surface area contributed by atoms with E-state index < -0.39 is 0 Å². The van der Waals surface area contributed by atoms with E-state index in [1.165, 1.54) is 51.4 Å². The predicted molar refractivity (Wildman–Crippen MR) is 90.9 cm³/mol. The van der Waals surface area contributed by atoms with Crippen LogP contribution in [0, 0.1) is 5.82 Å². The van der Waals surface area contributed by atoms with Crippen LogP contribution in [0.3, 0.4) is 0 Å². The first-order chi connectivity index (χ1) is 10.7. The second-order valence-corrected chi connectivity index (χ2v) is 6.98. The molecule has 0 radical (unpaired) electrons. The average Bonchev–Trinajstić information content (AvgIpc) is 2.87. The van der Waals surface area contributed by atoms with Gasteiger partial charge in [-0.1, -0.05) is 31.7 Å². The van der Waals surface area contributed by atoms with Crippen molar-refractivity contribution in [3.8, 4) is 0 Å². The molecule has 122 valence electrons. The summed E-state index contributed by atoms with van der Waals surface area (Å²) in [5.41, 5.74) is 1.86. The molecule has 22 heavy (non-hydrogen) atoms. The lowest BCUT2D eigenvalue weighted by molar-refractivity contribution is 0.459. The van der Waals surface area contributed by atoms with Crippen LogP contribution in [0.4, 0.5) is 10.1 Å². The van der Waals surface area contributed by atoms with Crippen LogP contribution in [0.15, 0.2) is 18.2 Å². The van der Waals surface area contributed by atoms with E-state index in [4.69, 9.17) is 0 Å². The molecular weight excluding hydrogens is 275 g/mol. The van der Waals surface area contributed by atoms with Crippen molar-refractivity contribution < 1.29 is 4.39 Å². The minimum atomic E-state index is -0.0560. The summed E-state index contributed by atoms with van der Waals surface area (Å²) in [5.74, 6) is -0.0560. The van der Waals surface area contributed by atoms with Crippen LogP contribution in [0.1, 0.15) is 69.9 Å². The summed E-state index contributed by atoms with van der Waals surface area (Å²) in [4.78, 5) is 2.22. The molecule has 0 bridgehead atoms. The van der Waals surface area contributed by atoms with Gasteiger partial charge in [0.15, 0.2) is 0 Å². The first-order valence-corrected chi connectivity index (χ1v) is 9.04. The summed E-state index contributed by atoms with van der Waals surface area (Å²) in [7, 11) is 0. The molecule has 3 heteroatoms. The minimum absolute atomic E-state index is 0.0560. The first-order valence-electron chi connectivity index (χ1n) is 9.04. The summed E-state index contributed by atoms with van der Waals surface area (Å²) in [5, 5.41) is 3.65. The van der Waals surface area contributed by atoms with E-state index in [1.807, 2.05) is 6.07 Å². The number of nitrogens with one attached hydrogen (secondary N) is 1. The van der Waals surface area contributed by atoms with Gasteiger partial charge in [-0.15, -0.1) is 0 Å². The number of anilines is 1. The quantitative estimate of drug-likeness (QED) is 0.859. The van der Waals surface area contributed by atoms with Gasteiger partial charge in [-0.25, -0.2) is 4.39 Å². The van der Waals surface area contributed by atoms with Crippen molar-refractivity contribution in [2.75, 3.05) is 18.0 Å². The van der Waals surface area contributed by atoms with E-state index >= 15 is 0 Å². The summed E-state index contributed by atoms with van der Waals surface area (Å²) in [6.45, 7) is 4.14. The van der Waals surface area contributed by atoms with Gasteiger partial charge in [0.1, 0.15) is 5.82 Å². The Morgan fingerprint density at radius 3 is 2.36 bits per heavy atom. The fourth-order valence-electron chi connectivity index (χ4n) is 3.90. The van der Waals surface area contributed by atoms with Crippen molar-refractivity contribution in [3.63, 3.8) is 0 Å². The maximum Gasteiger partial charge on any atom is 0.146 e. The van der Waals surface area contributed by atoms with Gasteiger partial charge in [-0.2, -0.15) is 0 Å². The van der Waals surface area contributed by atoms with Crippen molar-refractivity contribution >= 4 is 5.69 Å². The molecule has 0 unspecified atom stereocenters. The van der Waals surface area contributed by atoms with Crippen molar-refractivity contribution in [3.05, 3.63) is 29.6 Å². The van der Waals surface area contributed by atoms with E-state index in [9.17, 15) is 4.39 Å². The van der Waals surface area contributed by atoms with Gasteiger partial charge < -0.3 is 10.2 Å². The van der Waals surface area contributed by atoms with E-state index in [2.05, 4.69) is 23.2 Å². The average molecular weight is 304 g/mol. The van der Waals surface area contributed by atoms with E-state index in [-0.39, 0.29) is 11.9 Å². The minimum Gasteiger partial charge on any atom is -0.369 e. The highest BCUT2D eigenvalue weighted by Gasteiger charge is 2.19. The molecular formula is C19H29FN2. The number of benzene rings is 1. The molecule has 1 atom stereocenters. The maximum absolute atomic E-state index is 14.6. The number of nitrogens with zero attached hydrogens (tertiary/aromatic N) is 1. The number of hydrogen-bond acceptors (Lipinski definition) is 2. The molecule has 2 aliphatic rings. The van der Waals surface area contributed by atoms with Crippen molar-refractivity contribution in [1.29, 1.82) is 0 Å². The second kappa shape index (κ2) is 7.45. The third kappa shape index (κ3) is 3.81. The van der Waals surface area contributed by atoms with E-state index in [1.54, 1.807) is 6.07 Å². The van der Waals surface area contributed by atoms with Crippen molar-refractivity contribution in [2.24, 2.45) is 0 Å². The van der Waals surface area contributed by atoms with Crippen LogP contribution in [0.5, 0.6) is 0 Å². The van der Waals surface area contributed by atoms with Gasteiger partial charge in [0, 0.05) is 25.2 Å². The number of hydrogen-bond donors (Lipinski definition) is 1. The lowest BCUT2D eigenvalue weighted by Gasteiger charge is -2.25. The molecule has 1 aliphatic heterocycles. The van der Waals surface area contributed by atoms with Crippen molar-refractivity contribution in [1.82, 2.24) is 5.32 Å². The summed E-state index contributed by atoms with van der Waals surface area (Å²) in [6, 6.07) is 6.69.